The van der Waals surface area contributed by atoms with Crippen LogP contribution in [0.4, 0.5) is 5.69 Å². The Hall–Kier alpha value is -1.20. The highest BCUT2D eigenvalue weighted by Gasteiger charge is 2.19. The van der Waals surface area contributed by atoms with E-state index in [9.17, 15) is 0 Å². The fourth-order valence-electron chi connectivity index (χ4n) is 2.65. The maximum atomic E-state index is 8.95. The van der Waals surface area contributed by atoms with E-state index in [0.29, 0.717) is 16.6 Å². The molecule has 1 saturated carbocycles. The summed E-state index contributed by atoms with van der Waals surface area (Å²) in [5.74, 6) is 0.905. The molecule has 1 aliphatic carbocycles. The third kappa shape index (κ3) is 3.17. The zero-order valence-corrected chi connectivity index (χ0v) is 11.5. The highest BCUT2D eigenvalue weighted by molar-refractivity contribution is 6.31. The zero-order chi connectivity index (χ0) is 13.0. The molecule has 0 spiro atoms. The van der Waals surface area contributed by atoms with Crippen LogP contribution in [-0.2, 0) is 0 Å². The summed E-state index contributed by atoms with van der Waals surface area (Å²) in [4.78, 5) is 0. The minimum absolute atomic E-state index is 0.526. The second-order valence-electron chi connectivity index (χ2n) is 5.08. The Morgan fingerprint density at radius 2 is 2.06 bits per heavy atom. The minimum Gasteiger partial charge on any atom is -0.382 e. The number of anilines is 1. The standard InChI is InChI=1S/C15H19ClN2/c1-2-11-3-5-13(6-4-11)18-14-7-8-15(16)12(9-14)10-17/h7-9,11,13,18H,2-6H2,1H3. The van der Waals surface area contributed by atoms with E-state index in [0.717, 1.165) is 11.6 Å². The van der Waals surface area contributed by atoms with Crippen molar-refractivity contribution in [2.45, 2.75) is 45.1 Å². The number of hydrogen-bond acceptors (Lipinski definition) is 2. The van der Waals surface area contributed by atoms with Gasteiger partial charge in [0, 0.05) is 11.7 Å². The van der Waals surface area contributed by atoms with Crippen molar-refractivity contribution >= 4 is 17.3 Å². The molecule has 0 radical (unpaired) electrons. The first kappa shape index (κ1) is 13.2. The van der Waals surface area contributed by atoms with Gasteiger partial charge < -0.3 is 5.32 Å². The third-order valence-corrected chi connectivity index (χ3v) is 4.21. The molecule has 1 fully saturated rings. The maximum absolute atomic E-state index is 8.95. The van der Waals surface area contributed by atoms with Crippen LogP contribution >= 0.6 is 11.6 Å². The molecule has 0 unspecified atom stereocenters. The first-order valence-electron chi connectivity index (χ1n) is 6.69. The SMILES string of the molecule is CCC1CCC(Nc2ccc(Cl)c(C#N)c2)CC1. The summed E-state index contributed by atoms with van der Waals surface area (Å²) in [5.41, 5.74) is 1.56. The van der Waals surface area contributed by atoms with Crippen LogP contribution < -0.4 is 5.32 Å². The number of rotatable bonds is 3. The molecule has 1 N–H and O–H groups in total. The highest BCUT2D eigenvalue weighted by Crippen LogP contribution is 2.29. The Kier molecular flexibility index (Phi) is 4.49. The van der Waals surface area contributed by atoms with Crippen molar-refractivity contribution in [3.05, 3.63) is 28.8 Å². The van der Waals surface area contributed by atoms with E-state index in [4.69, 9.17) is 16.9 Å². The van der Waals surface area contributed by atoms with Gasteiger partial charge in [-0.25, -0.2) is 0 Å². The van der Waals surface area contributed by atoms with Gasteiger partial charge in [-0.15, -0.1) is 0 Å². The van der Waals surface area contributed by atoms with Crippen LogP contribution in [0.25, 0.3) is 0 Å². The van der Waals surface area contributed by atoms with Crippen LogP contribution in [0.15, 0.2) is 18.2 Å². The Bertz CT molecular complexity index is 442. The number of nitrogens with one attached hydrogen (secondary N) is 1. The van der Waals surface area contributed by atoms with Crippen molar-refractivity contribution in [3.63, 3.8) is 0 Å². The van der Waals surface area contributed by atoms with Gasteiger partial charge in [0.2, 0.25) is 0 Å². The number of hydrogen-bond donors (Lipinski definition) is 1. The summed E-state index contributed by atoms with van der Waals surface area (Å²) in [5, 5.41) is 13.0. The minimum atomic E-state index is 0.526. The van der Waals surface area contributed by atoms with E-state index in [-0.39, 0.29) is 0 Å². The molecule has 1 aromatic rings. The van der Waals surface area contributed by atoms with Gasteiger partial charge in [0.15, 0.2) is 0 Å². The van der Waals surface area contributed by atoms with E-state index in [1.165, 1.54) is 32.1 Å². The molecule has 0 saturated heterocycles. The molecule has 3 heteroatoms. The largest absolute Gasteiger partial charge is 0.382 e. The van der Waals surface area contributed by atoms with Gasteiger partial charge >= 0.3 is 0 Å². The van der Waals surface area contributed by atoms with Crippen molar-refractivity contribution < 1.29 is 0 Å². The highest BCUT2D eigenvalue weighted by atomic mass is 35.5. The molecule has 0 bridgehead atoms. The number of benzene rings is 1. The van der Waals surface area contributed by atoms with Crippen molar-refractivity contribution in [3.8, 4) is 6.07 Å². The summed E-state index contributed by atoms with van der Waals surface area (Å²) in [7, 11) is 0. The molecule has 0 amide bonds. The molecule has 0 aromatic heterocycles. The molecule has 96 valence electrons. The fourth-order valence-corrected chi connectivity index (χ4v) is 2.81. The fraction of sp³-hybridized carbons (Fsp3) is 0.533. The monoisotopic (exact) mass is 262 g/mol. The van der Waals surface area contributed by atoms with Gasteiger partial charge in [-0.2, -0.15) is 5.26 Å². The van der Waals surface area contributed by atoms with Gasteiger partial charge in [-0.1, -0.05) is 24.9 Å². The summed E-state index contributed by atoms with van der Waals surface area (Å²) in [6.07, 6.45) is 6.37. The van der Waals surface area contributed by atoms with Crippen LogP contribution in [0, 0.1) is 17.2 Å². The lowest BCUT2D eigenvalue weighted by atomic mass is 9.84. The first-order valence-corrected chi connectivity index (χ1v) is 7.07. The summed E-state index contributed by atoms with van der Waals surface area (Å²) in [6, 6.07) is 8.25. The predicted octanol–water partition coefficient (Wildman–Crippen LogP) is 4.59. The van der Waals surface area contributed by atoms with Crippen molar-refractivity contribution in [1.82, 2.24) is 0 Å². The second-order valence-corrected chi connectivity index (χ2v) is 5.48. The Morgan fingerprint density at radius 3 is 2.67 bits per heavy atom. The Morgan fingerprint density at radius 1 is 1.33 bits per heavy atom. The van der Waals surface area contributed by atoms with Crippen LogP contribution in [0.3, 0.4) is 0 Å². The van der Waals surface area contributed by atoms with E-state index in [2.05, 4.69) is 18.3 Å². The van der Waals surface area contributed by atoms with Gasteiger partial charge in [-0.05, 0) is 49.8 Å². The summed E-state index contributed by atoms with van der Waals surface area (Å²) in [6.45, 7) is 2.27. The second kappa shape index (κ2) is 6.11. The van der Waals surface area contributed by atoms with Gasteiger partial charge in [0.1, 0.15) is 6.07 Å². The molecule has 18 heavy (non-hydrogen) atoms. The number of nitriles is 1. The average Bonchev–Trinajstić information content (AvgIpc) is 2.42. The molecule has 0 aliphatic heterocycles. The Balaban J connectivity index is 1.96. The van der Waals surface area contributed by atoms with Crippen LogP contribution in [0.1, 0.15) is 44.6 Å². The van der Waals surface area contributed by atoms with Gasteiger partial charge in [0.05, 0.1) is 10.6 Å². The summed E-state index contributed by atoms with van der Waals surface area (Å²) >= 11 is 5.93. The number of halogens is 1. The molecule has 2 nitrogen and oxygen atoms in total. The van der Waals surface area contributed by atoms with Crippen molar-refractivity contribution in [1.29, 1.82) is 5.26 Å². The van der Waals surface area contributed by atoms with Crippen LogP contribution in [-0.4, -0.2) is 6.04 Å². The van der Waals surface area contributed by atoms with Crippen LogP contribution in [0.5, 0.6) is 0 Å². The zero-order valence-electron chi connectivity index (χ0n) is 10.7. The number of nitrogens with zero attached hydrogens (tertiary/aromatic N) is 1. The first-order chi connectivity index (χ1) is 8.72. The molecule has 0 heterocycles. The van der Waals surface area contributed by atoms with Crippen molar-refractivity contribution in [2.24, 2.45) is 5.92 Å². The maximum Gasteiger partial charge on any atom is 0.101 e. The average molecular weight is 263 g/mol. The topological polar surface area (TPSA) is 35.8 Å². The lowest BCUT2D eigenvalue weighted by Gasteiger charge is -2.29. The molecule has 1 aliphatic rings. The Labute approximate surface area is 114 Å². The quantitative estimate of drug-likeness (QED) is 0.865. The molecule has 0 atom stereocenters. The molecular formula is C15H19ClN2. The molecule has 2 rings (SSSR count). The lowest BCUT2D eigenvalue weighted by Crippen LogP contribution is -2.25. The predicted molar refractivity (Wildman–Crippen MR) is 75.8 cm³/mol. The summed E-state index contributed by atoms with van der Waals surface area (Å²) < 4.78 is 0. The molecule has 1 aromatic carbocycles. The van der Waals surface area contributed by atoms with Crippen molar-refractivity contribution in [2.75, 3.05) is 5.32 Å². The normalized spacial score (nSPS) is 23.4. The van der Waals surface area contributed by atoms with Crippen LogP contribution in [0.2, 0.25) is 5.02 Å². The smallest absolute Gasteiger partial charge is 0.101 e. The molecular weight excluding hydrogens is 244 g/mol. The third-order valence-electron chi connectivity index (χ3n) is 3.88. The van der Waals surface area contributed by atoms with E-state index in [1.54, 1.807) is 6.07 Å². The van der Waals surface area contributed by atoms with Gasteiger partial charge in [0.25, 0.3) is 0 Å². The van der Waals surface area contributed by atoms with E-state index >= 15 is 0 Å². The van der Waals surface area contributed by atoms with E-state index in [1.807, 2.05) is 12.1 Å². The van der Waals surface area contributed by atoms with E-state index < -0.39 is 0 Å². The van der Waals surface area contributed by atoms with Gasteiger partial charge in [-0.3, -0.25) is 0 Å². The lowest BCUT2D eigenvalue weighted by molar-refractivity contribution is 0.330.